The number of carbonyl (C=O) groups is 10. The number of likely N-dealkylation sites (tertiary alicyclic amines) is 1. The molecule has 29 heteroatoms. The van der Waals surface area contributed by atoms with Crippen LogP contribution in [0.15, 0.2) is 54.7 Å². The lowest BCUT2D eigenvalue weighted by molar-refractivity contribution is -0.140. The van der Waals surface area contributed by atoms with Crippen molar-refractivity contribution in [2.75, 3.05) is 138 Å². The molecular weight excluding hydrogens is 1190 g/mol. The molecule has 3 aromatic rings. The maximum Gasteiger partial charge on any atom is 0.317 e. The van der Waals surface area contributed by atoms with Crippen molar-refractivity contribution in [3.63, 3.8) is 0 Å². The molecule has 496 valence electrons. The first-order valence-electron chi connectivity index (χ1n) is 30.5. The number of carbonyl (C=O) groups excluding carboxylic acids is 9. The van der Waals surface area contributed by atoms with Gasteiger partial charge in [0.15, 0.2) is 0 Å². The Balaban J connectivity index is 0.980. The molecule has 4 heterocycles. The van der Waals surface area contributed by atoms with Gasteiger partial charge in [-0.05, 0) is 75.4 Å². The summed E-state index contributed by atoms with van der Waals surface area (Å²) in [4.78, 5) is 143. The molecule has 0 aliphatic carbocycles. The summed E-state index contributed by atoms with van der Waals surface area (Å²) in [5, 5.41) is 20.1. The number of amides is 7. The van der Waals surface area contributed by atoms with E-state index < -0.39 is 97.9 Å². The molecule has 6 rings (SSSR count). The van der Waals surface area contributed by atoms with Crippen LogP contribution in [0.2, 0.25) is 0 Å². The molecule has 26 nitrogen and oxygen atoms in total. The molecule has 0 bridgehead atoms. The Kier molecular flexibility index (Phi) is 29.3. The Morgan fingerprint density at radius 2 is 1.41 bits per heavy atom. The molecule has 0 spiro atoms. The van der Waals surface area contributed by atoms with Gasteiger partial charge in [0.1, 0.15) is 37.8 Å². The van der Waals surface area contributed by atoms with Crippen LogP contribution in [0.1, 0.15) is 72.9 Å². The van der Waals surface area contributed by atoms with E-state index in [4.69, 9.17) is 20.6 Å². The number of benzene rings is 2. The number of fused-ring (bicyclic) bond motifs is 1. The minimum atomic E-state index is -3.12. The number of aliphatic carboxylic acids is 1. The zero-order valence-corrected chi connectivity index (χ0v) is 51.3. The number of hydrogen-bond acceptors (Lipinski definition) is 19. The van der Waals surface area contributed by atoms with Crippen LogP contribution in [-0.4, -0.2) is 267 Å². The lowest BCUT2D eigenvalue weighted by atomic mass is 10.1. The lowest BCUT2D eigenvalue weighted by Gasteiger charge is -2.34. The molecule has 2 aromatic carbocycles. The van der Waals surface area contributed by atoms with E-state index in [0.29, 0.717) is 88.3 Å². The number of rotatable bonds is 32. The largest absolute Gasteiger partial charge is 0.494 e. The predicted octanol–water partition coefficient (Wildman–Crippen LogP) is 0.788. The van der Waals surface area contributed by atoms with E-state index in [2.05, 4.69) is 37.1 Å². The Labute approximate surface area is 526 Å². The summed E-state index contributed by atoms with van der Waals surface area (Å²) in [7, 11) is 0. The predicted molar refractivity (Wildman–Crippen MR) is 324 cm³/mol. The number of nitrogens with one attached hydrogen (secondary N) is 4. The third kappa shape index (κ3) is 25.1. The third-order valence-corrected chi connectivity index (χ3v) is 15.8. The average molecular weight is 1280 g/mol. The van der Waals surface area contributed by atoms with Gasteiger partial charge in [0.05, 0.1) is 49.9 Å². The number of halogens is 3. The number of carboxylic acid groups (broad SMARTS) is 1. The molecule has 3 fully saturated rings. The fraction of sp³-hybridized carbons (Fsp3) is 0.565. The third-order valence-electron chi connectivity index (χ3n) is 15.8. The van der Waals surface area contributed by atoms with Crippen LogP contribution >= 0.6 is 0 Å². The molecule has 0 saturated carbocycles. The van der Waals surface area contributed by atoms with E-state index in [1.807, 2.05) is 31.2 Å². The molecule has 1 aromatic heterocycles. The Morgan fingerprint density at radius 3 is 2.04 bits per heavy atom. The summed E-state index contributed by atoms with van der Waals surface area (Å²) in [6, 6.07) is 11.8. The number of piperazine rings is 1. The molecule has 3 saturated heterocycles. The van der Waals surface area contributed by atoms with Gasteiger partial charge in [-0.2, -0.15) is 0 Å². The highest BCUT2D eigenvalue weighted by Crippen LogP contribution is 2.32. The SMILES string of the molecule is C#C[C@H]1CC(F)(F)CN1C(=O)CNC(=O)c1ccnc2ccc(OCCCCN3CCN(C(=O)CC(=O)NC(=O)[C@H](CC(F)CCNC(=O)CCCc4ccc(C)cc4)NC(=O)CN4CCN(COC=O)CCN(COC=O)CCN(CC(=O)O)CC4)CC3)cc12. The summed E-state index contributed by atoms with van der Waals surface area (Å²) in [5.74, 6) is -6.48. The number of nitrogens with zero attached hydrogens (tertiary/aromatic N) is 8. The number of aromatic nitrogens is 1. The quantitative estimate of drug-likeness (QED) is 0.0250. The fourth-order valence-electron chi connectivity index (χ4n) is 10.7. The second-order valence-corrected chi connectivity index (χ2v) is 22.7. The first-order chi connectivity index (χ1) is 43.7. The van der Waals surface area contributed by atoms with Crippen LogP contribution in [0.5, 0.6) is 5.75 Å². The van der Waals surface area contributed by atoms with Crippen LogP contribution in [0.25, 0.3) is 10.9 Å². The highest BCUT2D eigenvalue weighted by molar-refractivity contribution is 6.07. The van der Waals surface area contributed by atoms with Crippen molar-refractivity contribution in [3.05, 3.63) is 71.4 Å². The number of unbranched alkanes of at least 4 members (excludes halogenated alkanes) is 1. The minimum absolute atomic E-state index is 0.0623. The van der Waals surface area contributed by atoms with E-state index >= 15 is 4.39 Å². The lowest BCUT2D eigenvalue weighted by Crippen LogP contribution is -2.54. The van der Waals surface area contributed by atoms with Gasteiger partial charge in [-0.3, -0.25) is 82.7 Å². The number of ether oxygens (including phenoxy) is 3. The van der Waals surface area contributed by atoms with Gasteiger partial charge < -0.3 is 45.1 Å². The van der Waals surface area contributed by atoms with E-state index in [0.717, 1.165) is 22.4 Å². The summed E-state index contributed by atoms with van der Waals surface area (Å²) in [5.41, 5.74) is 2.88. The molecule has 7 amide bonds. The highest BCUT2D eigenvalue weighted by Gasteiger charge is 2.46. The van der Waals surface area contributed by atoms with Gasteiger partial charge in [-0.15, -0.1) is 6.42 Å². The number of aryl methyl sites for hydroxylation is 2. The number of pyridine rings is 1. The van der Waals surface area contributed by atoms with Crippen molar-refractivity contribution in [2.24, 2.45) is 0 Å². The van der Waals surface area contributed by atoms with E-state index in [9.17, 15) is 61.8 Å². The van der Waals surface area contributed by atoms with Crippen molar-refractivity contribution in [2.45, 2.75) is 88.9 Å². The zero-order valence-electron chi connectivity index (χ0n) is 51.3. The smallest absolute Gasteiger partial charge is 0.317 e. The van der Waals surface area contributed by atoms with E-state index in [-0.39, 0.29) is 110 Å². The number of imide groups is 1. The normalized spacial score (nSPS) is 17.9. The van der Waals surface area contributed by atoms with Crippen molar-refractivity contribution >= 4 is 71.2 Å². The van der Waals surface area contributed by atoms with Gasteiger partial charge in [0.2, 0.25) is 35.4 Å². The van der Waals surface area contributed by atoms with E-state index in [1.165, 1.54) is 17.2 Å². The van der Waals surface area contributed by atoms with Crippen LogP contribution in [0, 0.1) is 19.3 Å². The van der Waals surface area contributed by atoms with Gasteiger partial charge in [-0.1, -0.05) is 35.7 Å². The number of carboxylic acids is 1. The maximum absolute atomic E-state index is 15.9. The van der Waals surface area contributed by atoms with Crippen molar-refractivity contribution in [1.29, 1.82) is 0 Å². The topological polar surface area (TPSA) is 302 Å². The second-order valence-electron chi connectivity index (χ2n) is 22.7. The molecule has 0 radical (unpaired) electrons. The van der Waals surface area contributed by atoms with Crippen molar-refractivity contribution in [3.8, 4) is 18.1 Å². The number of hydrogen-bond donors (Lipinski definition) is 5. The molecule has 1 unspecified atom stereocenters. The molecule has 3 aliphatic rings. The summed E-state index contributed by atoms with van der Waals surface area (Å²) >= 11 is 0. The average Bonchev–Trinajstić information content (AvgIpc) is 1.92. The van der Waals surface area contributed by atoms with Crippen LogP contribution < -0.4 is 26.0 Å². The number of alkyl halides is 3. The van der Waals surface area contributed by atoms with E-state index in [1.54, 1.807) is 37.8 Å². The first-order valence-corrected chi connectivity index (χ1v) is 30.5. The summed E-state index contributed by atoms with van der Waals surface area (Å²) < 4.78 is 59.8. The molecule has 3 atom stereocenters. The Bertz CT molecular complexity index is 2990. The van der Waals surface area contributed by atoms with Gasteiger partial charge in [0, 0.05) is 116 Å². The molecule has 5 N–H and O–H groups in total. The Morgan fingerprint density at radius 1 is 0.769 bits per heavy atom. The highest BCUT2D eigenvalue weighted by atomic mass is 19.3. The monoisotopic (exact) mass is 1280 g/mol. The van der Waals surface area contributed by atoms with Crippen LogP contribution in [-0.2, 0) is 59.0 Å². The van der Waals surface area contributed by atoms with Crippen LogP contribution in [0.3, 0.4) is 0 Å². The molecule has 3 aliphatic heterocycles. The summed E-state index contributed by atoms with van der Waals surface area (Å²) in [6.45, 7) is 4.75. The molecule has 91 heavy (non-hydrogen) atoms. The molecular formula is C62H83F3N12O14. The van der Waals surface area contributed by atoms with Crippen LogP contribution in [0.4, 0.5) is 13.2 Å². The maximum atomic E-state index is 15.9. The zero-order chi connectivity index (χ0) is 65.7. The van der Waals surface area contributed by atoms with Gasteiger partial charge in [-0.25, -0.2) is 13.2 Å². The van der Waals surface area contributed by atoms with Gasteiger partial charge >= 0.3 is 5.97 Å². The van der Waals surface area contributed by atoms with Gasteiger partial charge in [0.25, 0.3) is 24.8 Å². The first kappa shape index (κ1) is 71.8. The fourth-order valence-corrected chi connectivity index (χ4v) is 10.7. The van der Waals surface area contributed by atoms with Crippen molar-refractivity contribution in [1.82, 2.24) is 60.6 Å². The standard InChI is InChI=1S/C62H83F3N12O14/c1-3-48-36-62(64,65)40-77(48)58(84)37-68-60(87)50-16-18-66-52-14-13-49(34-51(50)52)91-32-5-4-19-71-28-30-76(31-29-71)57(83)35-55(81)70-61(88)53(33-47(63)15-17-67-54(80)8-6-7-46-11-9-45(2)10-12-46)69-56(82)38-72-20-21-73(39-59(85)86)23-25-75(42-90-44-79)27-26-74(24-22-72)41-89-43-78/h1,9-14,16,18,34,43-44,47-48,53H,4-8,15,17,19-33,35-42H2,2H3,(H,67,80)(H,68,87)(H,69,82)(H,85,86)(H,70,81,88)/t47?,48-,53-/m0/s1. The number of terminal acetylenes is 1. The minimum Gasteiger partial charge on any atom is -0.494 e. The summed E-state index contributed by atoms with van der Waals surface area (Å²) in [6.07, 6.45) is 5.68. The Hall–Kier alpha value is -8.30. The second kappa shape index (κ2) is 37.1. The van der Waals surface area contributed by atoms with Crippen molar-refractivity contribution < 1.29 is 80.4 Å².